The number of pyridine rings is 1. The number of carbonyl (C=O) groups is 1. The molecule has 1 N–H and O–H groups in total. The van der Waals surface area contributed by atoms with E-state index in [9.17, 15) is 4.79 Å². The maximum atomic E-state index is 12.9. The third-order valence-electron chi connectivity index (χ3n) is 4.95. The van der Waals surface area contributed by atoms with Crippen molar-refractivity contribution in [1.29, 1.82) is 0 Å². The van der Waals surface area contributed by atoms with Crippen LogP contribution >= 0.6 is 0 Å². The fourth-order valence-corrected chi connectivity index (χ4v) is 3.54. The van der Waals surface area contributed by atoms with Crippen molar-refractivity contribution in [2.24, 2.45) is 5.92 Å². The Bertz CT molecular complexity index is 1210. The van der Waals surface area contributed by atoms with E-state index in [1.165, 1.54) is 0 Å². The molecule has 154 valence electrons. The van der Waals surface area contributed by atoms with Crippen LogP contribution < -0.4 is 10.1 Å². The average Bonchev–Trinajstić information content (AvgIpc) is 3.03. The molecule has 30 heavy (non-hydrogen) atoms. The Hall–Kier alpha value is -3.41. The maximum absolute atomic E-state index is 12.9. The van der Waals surface area contributed by atoms with E-state index in [1.54, 1.807) is 24.3 Å². The molecular formula is C24H26N4O2. The Balaban J connectivity index is 1.74. The molecule has 0 saturated carbocycles. The van der Waals surface area contributed by atoms with Gasteiger partial charge in [-0.1, -0.05) is 32.0 Å². The van der Waals surface area contributed by atoms with Gasteiger partial charge in [-0.25, -0.2) is 9.67 Å². The van der Waals surface area contributed by atoms with Crippen LogP contribution in [0.5, 0.6) is 5.75 Å². The van der Waals surface area contributed by atoms with Crippen molar-refractivity contribution >= 4 is 33.7 Å². The first-order chi connectivity index (χ1) is 14.5. The lowest BCUT2D eigenvalue weighted by Gasteiger charge is -2.06. The lowest BCUT2D eigenvalue weighted by Crippen LogP contribution is -2.13. The van der Waals surface area contributed by atoms with Crippen LogP contribution in [0, 0.1) is 12.8 Å². The van der Waals surface area contributed by atoms with Gasteiger partial charge in [-0.15, -0.1) is 0 Å². The average molecular weight is 402 g/mol. The van der Waals surface area contributed by atoms with E-state index in [4.69, 9.17) is 14.8 Å². The van der Waals surface area contributed by atoms with Crippen LogP contribution in [0.15, 0.2) is 48.5 Å². The SMILES string of the molecule is CCOc1ccc(C(=O)Nc2nn(CC(C)C)c3nc4c(C)cccc4cc23)cc1. The van der Waals surface area contributed by atoms with Crippen LogP contribution in [-0.2, 0) is 6.54 Å². The van der Waals surface area contributed by atoms with Gasteiger partial charge in [0.1, 0.15) is 5.75 Å². The molecule has 0 bridgehead atoms. The summed E-state index contributed by atoms with van der Waals surface area (Å²) in [5, 5.41) is 9.54. The van der Waals surface area contributed by atoms with E-state index in [2.05, 4.69) is 38.2 Å². The van der Waals surface area contributed by atoms with Crippen LogP contribution in [0.1, 0.15) is 36.7 Å². The number of aryl methyl sites for hydroxylation is 1. The third-order valence-corrected chi connectivity index (χ3v) is 4.95. The van der Waals surface area contributed by atoms with Gasteiger partial charge in [0.25, 0.3) is 5.91 Å². The molecule has 0 aliphatic rings. The van der Waals surface area contributed by atoms with Gasteiger partial charge in [-0.2, -0.15) is 5.10 Å². The summed E-state index contributed by atoms with van der Waals surface area (Å²) in [7, 11) is 0. The first-order valence-electron chi connectivity index (χ1n) is 10.3. The Morgan fingerprint density at radius 3 is 2.63 bits per heavy atom. The summed E-state index contributed by atoms with van der Waals surface area (Å²) in [4.78, 5) is 17.8. The van der Waals surface area contributed by atoms with Crippen molar-refractivity contribution in [2.45, 2.75) is 34.2 Å². The number of anilines is 1. The summed E-state index contributed by atoms with van der Waals surface area (Å²) in [6, 6.07) is 15.3. The van der Waals surface area contributed by atoms with Crippen molar-refractivity contribution < 1.29 is 9.53 Å². The van der Waals surface area contributed by atoms with Crippen molar-refractivity contribution in [3.05, 3.63) is 59.7 Å². The largest absolute Gasteiger partial charge is 0.494 e. The van der Waals surface area contributed by atoms with E-state index in [0.29, 0.717) is 23.9 Å². The van der Waals surface area contributed by atoms with E-state index in [1.807, 2.05) is 23.7 Å². The predicted octanol–water partition coefficient (Wildman–Crippen LogP) is 5.20. The second-order valence-electron chi connectivity index (χ2n) is 7.84. The summed E-state index contributed by atoms with van der Waals surface area (Å²) in [5.74, 6) is 1.46. The number of aromatic nitrogens is 3. The highest BCUT2D eigenvalue weighted by Crippen LogP contribution is 2.28. The number of para-hydroxylation sites is 1. The quantitative estimate of drug-likeness (QED) is 0.481. The molecule has 0 unspecified atom stereocenters. The van der Waals surface area contributed by atoms with Gasteiger partial charge in [-0.05, 0) is 55.7 Å². The highest BCUT2D eigenvalue weighted by molar-refractivity contribution is 6.09. The molecule has 0 saturated heterocycles. The number of amides is 1. The number of hydrogen-bond donors (Lipinski definition) is 1. The van der Waals surface area contributed by atoms with Gasteiger partial charge >= 0.3 is 0 Å². The van der Waals surface area contributed by atoms with Crippen molar-refractivity contribution in [1.82, 2.24) is 14.8 Å². The summed E-state index contributed by atoms with van der Waals surface area (Å²) < 4.78 is 7.34. The topological polar surface area (TPSA) is 69.0 Å². The third kappa shape index (κ3) is 3.85. The molecule has 0 fully saturated rings. The van der Waals surface area contributed by atoms with E-state index in [0.717, 1.165) is 39.8 Å². The molecule has 0 aliphatic heterocycles. The normalized spacial score (nSPS) is 11.4. The minimum absolute atomic E-state index is 0.210. The first kappa shape index (κ1) is 19.9. The fraction of sp³-hybridized carbons (Fsp3) is 0.292. The van der Waals surface area contributed by atoms with Crippen LogP contribution in [0.3, 0.4) is 0 Å². The van der Waals surface area contributed by atoms with Crippen molar-refractivity contribution in [3.63, 3.8) is 0 Å². The van der Waals surface area contributed by atoms with Gasteiger partial charge in [0.15, 0.2) is 11.5 Å². The highest BCUT2D eigenvalue weighted by atomic mass is 16.5. The second kappa shape index (κ2) is 8.14. The zero-order valence-corrected chi connectivity index (χ0v) is 17.8. The Kier molecular flexibility index (Phi) is 5.40. The van der Waals surface area contributed by atoms with Gasteiger partial charge in [0.2, 0.25) is 0 Å². The predicted molar refractivity (Wildman–Crippen MR) is 120 cm³/mol. The zero-order valence-electron chi connectivity index (χ0n) is 17.8. The molecule has 6 heteroatoms. The van der Waals surface area contributed by atoms with Crippen LogP contribution in [0.2, 0.25) is 0 Å². The Morgan fingerprint density at radius 1 is 1.17 bits per heavy atom. The number of carbonyl (C=O) groups excluding carboxylic acids is 1. The smallest absolute Gasteiger partial charge is 0.256 e. The number of hydrogen-bond acceptors (Lipinski definition) is 4. The minimum Gasteiger partial charge on any atom is -0.494 e. The number of nitrogens with one attached hydrogen (secondary N) is 1. The van der Waals surface area contributed by atoms with E-state index < -0.39 is 0 Å². The summed E-state index contributed by atoms with van der Waals surface area (Å²) in [6.07, 6.45) is 0. The molecule has 2 aromatic carbocycles. The van der Waals surface area contributed by atoms with E-state index in [-0.39, 0.29) is 5.91 Å². The fourth-order valence-electron chi connectivity index (χ4n) is 3.54. The number of rotatable bonds is 6. The van der Waals surface area contributed by atoms with E-state index >= 15 is 0 Å². The van der Waals surface area contributed by atoms with Crippen molar-refractivity contribution in [3.8, 4) is 5.75 Å². The maximum Gasteiger partial charge on any atom is 0.256 e. The van der Waals surface area contributed by atoms with Crippen LogP contribution in [0.25, 0.3) is 21.9 Å². The standard InChI is InChI=1S/C24H26N4O2/c1-5-30-19-11-9-17(10-12-19)24(29)26-22-20-13-18-8-6-7-16(4)21(18)25-23(20)28(27-22)14-15(2)3/h6-13,15H,5,14H2,1-4H3,(H,26,27,29). The molecule has 0 atom stereocenters. The monoisotopic (exact) mass is 402 g/mol. The number of ether oxygens (including phenoxy) is 1. The molecule has 4 rings (SSSR count). The molecule has 6 nitrogen and oxygen atoms in total. The number of benzene rings is 2. The molecular weight excluding hydrogens is 376 g/mol. The molecule has 0 spiro atoms. The number of nitrogens with zero attached hydrogens (tertiary/aromatic N) is 3. The zero-order chi connectivity index (χ0) is 21.3. The Labute approximate surface area is 175 Å². The van der Waals surface area contributed by atoms with Gasteiger partial charge in [-0.3, -0.25) is 4.79 Å². The molecule has 4 aromatic rings. The van der Waals surface area contributed by atoms with Crippen molar-refractivity contribution in [2.75, 3.05) is 11.9 Å². The minimum atomic E-state index is -0.210. The van der Waals surface area contributed by atoms with Crippen LogP contribution in [0.4, 0.5) is 5.82 Å². The molecule has 0 aliphatic carbocycles. The summed E-state index contributed by atoms with van der Waals surface area (Å²) in [6.45, 7) is 9.57. The second-order valence-corrected chi connectivity index (χ2v) is 7.84. The lowest BCUT2D eigenvalue weighted by molar-refractivity contribution is 0.102. The summed E-state index contributed by atoms with van der Waals surface area (Å²) in [5.41, 5.74) is 3.41. The molecule has 1 amide bonds. The lowest BCUT2D eigenvalue weighted by atomic mass is 10.1. The van der Waals surface area contributed by atoms with Gasteiger partial charge < -0.3 is 10.1 Å². The highest BCUT2D eigenvalue weighted by Gasteiger charge is 2.17. The molecule has 0 radical (unpaired) electrons. The summed E-state index contributed by atoms with van der Waals surface area (Å²) >= 11 is 0. The van der Waals surface area contributed by atoms with Gasteiger partial charge in [0, 0.05) is 17.5 Å². The first-order valence-corrected chi connectivity index (χ1v) is 10.3. The Morgan fingerprint density at radius 2 is 1.93 bits per heavy atom. The van der Waals surface area contributed by atoms with Gasteiger partial charge in [0.05, 0.1) is 17.5 Å². The van der Waals surface area contributed by atoms with Crippen LogP contribution in [-0.4, -0.2) is 27.3 Å². The number of fused-ring (bicyclic) bond motifs is 2. The molecule has 2 heterocycles. The molecule has 2 aromatic heterocycles.